The van der Waals surface area contributed by atoms with Gasteiger partial charge in [0.2, 0.25) is 0 Å². The SMILES string of the molecule is CC(C)(C)c1csc(CC2CCOC2)n1. The Morgan fingerprint density at radius 2 is 2.33 bits per heavy atom. The molecule has 1 unspecified atom stereocenters. The van der Waals surface area contributed by atoms with Gasteiger partial charge in [-0.1, -0.05) is 20.8 Å². The van der Waals surface area contributed by atoms with Crippen LogP contribution in [0.5, 0.6) is 0 Å². The molecule has 1 aromatic rings. The van der Waals surface area contributed by atoms with E-state index in [1.807, 2.05) is 0 Å². The third kappa shape index (κ3) is 2.79. The molecule has 0 bridgehead atoms. The minimum atomic E-state index is 0.181. The van der Waals surface area contributed by atoms with Gasteiger partial charge in [-0.05, 0) is 12.3 Å². The van der Waals surface area contributed by atoms with Crippen LogP contribution in [0.25, 0.3) is 0 Å². The Hall–Kier alpha value is -0.410. The molecule has 1 aromatic heterocycles. The highest BCUT2D eigenvalue weighted by Crippen LogP contribution is 2.26. The summed E-state index contributed by atoms with van der Waals surface area (Å²) in [6.07, 6.45) is 2.30. The zero-order valence-corrected chi connectivity index (χ0v) is 10.6. The number of nitrogens with zero attached hydrogens (tertiary/aromatic N) is 1. The molecule has 2 nitrogen and oxygen atoms in total. The first-order valence-corrected chi connectivity index (χ1v) is 6.46. The maximum Gasteiger partial charge on any atom is 0.0932 e. The largest absolute Gasteiger partial charge is 0.381 e. The van der Waals surface area contributed by atoms with Crippen LogP contribution in [0.15, 0.2) is 5.38 Å². The van der Waals surface area contributed by atoms with Gasteiger partial charge in [-0.3, -0.25) is 0 Å². The molecule has 2 rings (SSSR count). The molecule has 84 valence electrons. The van der Waals surface area contributed by atoms with Gasteiger partial charge in [0.1, 0.15) is 0 Å². The zero-order chi connectivity index (χ0) is 10.9. The van der Waals surface area contributed by atoms with E-state index in [2.05, 4.69) is 26.2 Å². The molecule has 0 aliphatic carbocycles. The average Bonchev–Trinajstić information content (AvgIpc) is 2.73. The highest BCUT2D eigenvalue weighted by Gasteiger charge is 2.21. The van der Waals surface area contributed by atoms with Crippen molar-refractivity contribution in [1.82, 2.24) is 4.98 Å². The van der Waals surface area contributed by atoms with Crippen molar-refractivity contribution in [3.05, 3.63) is 16.1 Å². The second-order valence-corrected chi connectivity index (χ2v) is 6.25. The maximum absolute atomic E-state index is 5.38. The lowest BCUT2D eigenvalue weighted by atomic mass is 9.93. The van der Waals surface area contributed by atoms with Crippen molar-refractivity contribution < 1.29 is 4.74 Å². The van der Waals surface area contributed by atoms with Gasteiger partial charge in [-0.25, -0.2) is 4.98 Å². The van der Waals surface area contributed by atoms with Crippen molar-refractivity contribution in [3.63, 3.8) is 0 Å². The third-order valence-corrected chi connectivity index (χ3v) is 3.68. The monoisotopic (exact) mass is 225 g/mol. The number of ether oxygens (including phenoxy) is 1. The first-order valence-electron chi connectivity index (χ1n) is 5.58. The third-order valence-electron chi connectivity index (χ3n) is 2.81. The highest BCUT2D eigenvalue weighted by molar-refractivity contribution is 7.09. The lowest BCUT2D eigenvalue weighted by Gasteiger charge is -2.14. The summed E-state index contributed by atoms with van der Waals surface area (Å²) in [5, 5.41) is 3.47. The topological polar surface area (TPSA) is 22.1 Å². The molecule has 0 radical (unpaired) electrons. The molecular weight excluding hydrogens is 206 g/mol. The van der Waals surface area contributed by atoms with E-state index >= 15 is 0 Å². The van der Waals surface area contributed by atoms with Crippen molar-refractivity contribution in [2.45, 2.75) is 39.0 Å². The van der Waals surface area contributed by atoms with Crippen molar-refractivity contribution in [3.8, 4) is 0 Å². The van der Waals surface area contributed by atoms with E-state index in [4.69, 9.17) is 9.72 Å². The van der Waals surface area contributed by atoms with Crippen LogP contribution in [-0.2, 0) is 16.6 Å². The molecular formula is C12H19NOS. The average molecular weight is 225 g/mol. The van der Waals surface area contributed by atoms with Crippen LogP contribution in [0.3, 0.4) is 0 Å². The first-order chi connectivity index (χ1) is 7.05. The smallest absolute Gasteiger partial charge is 0.0932 e. The van der Waals surface area contributed by atoms with Crippen LogP contribution in [0.4, 0.5) is 0 Å². The summed E-state index contributed by atoms with van der Waals surface area (Å²) in [5.41, 5.74) is 1.41. The van der Waals surface area contributed by atoms with Gasteiger partial charge in [0.25, 0.3) is 0 Å². The first kappa shape index (κ1) is 11.1. The summed E-state index contributed by atoms with van der Waals surface area (Å²) < 4.78 is 5.38. The number of hydrogen-bond donors (Lipinski definition) is 0. The molecule has 0 amide bonds. The molecule has 1 aliphatic rings. The van der Waals surface area contributed by atoms with Crippen LogP contribution in [0, 0.1) is 5.92 Å². The number of aromatic nitrogens is 1. The lowest BCUT2D eigenvalue weighted by Crippen LogP contribution is -2.12. The van der Waals surface area contributed by atoms with Crippen molar-refractivity contribution >= 4 is 11.3 Å². The zero-order valence-electron chi connectivity index (χ0n) is 9.75. The maximum atomic E-state index is 5.38. The van der Waals surface area contributed by atoms with Gasteiger partial charge < -0.3 is 4.74 Å². The van der Waals surface area contributed by atoms with Crippen LogP contribution in [0.1, 0.15) is 37.9 Å². The summed E-state index contributed by atoms with van der Waals surface area (Å²) in [6, 6.07) is 0. The van der Waals surface area contributed by atoms with E-state index in [-0.39, 0.29) is 5.41 Å². The second kappa shape index (κ2) is 4.22. The summed E-state index contributed by atoms with van der Waals surface area (Å²) in [4.78, 5) is 4.71. The Labute approximate surface area is 95.7 Å². The Kier molecular flexibility index (Phi) is 3.12. The van der Waals surface area contributed by atoms with Crippen LogP contribution >= 0.6 is 11.3 Å². The van der Waals surface area contributed by atoms with Gasteiger partial charge in [-0.15, -0.1) is 11.3 Å². The fourth-order valence-corrected chi connectivity index (χ4v) is 2.88. The molecule has 1 atom stereocenters. The Bertz CT molecular complexity index is 321. The minimum absolute atomic E-state index is 0.181. The van der Waals surface area contributed by atoms with Gasteiger partial charge >= 0.3 is 0 Å². The Balaban J connectivity index is 2.00. The van der Waals surface area contributed by atoms with Crippen molar-refractivity contribution in [2.75, 3.05) is 13.2 Å². The van der Waals surface area contributed by atoms with E-state index in [0.29, 0.717) is 5.92 Å². The lowest BCUT2D eigenvalue weighted by molar-refractivity contribution is 0.186. The molecule has 0 aromatic carbocycles. The Morgan fingerprint density at radius 3 is 2.87 bits per heavy atom. The van der Waals surface area contributed by atoms with Crippen LogP contribution < -0.4 is 0 Å². The molecule has 3 heteroatoms. The molecule has 0 saturated carbocycles. The standard InChI is InChI=1S/C12H19NOS/c1-12(2,3)10-8-15-11(13-10)6-9-4-5-14-7-9/h8-9H,4-7H2,1-3H3. The minimum Gasteiger partial charge on any atom is -0.381 e. The summed E-state index contributed by atoms with van der Waals surface area (Å²) in [6.45, 7) is 8.49. The quantitative estimate of drug-likeness (QED) is 0.772. The van der Waals surface area contributed by atoms with E-state index in [9.17, 15) is 0 Å². The van der Waals surface area contributed by atoms with E-state index in [1.165, 1.54) is 17.1 Å². The molecule has 2 heterocycles. The normalized spacial score (nSPS) is 22.2. The molecule has 15 heavy (non-hydrogen) atoms. The number of rotatable bonds is 2. The molecule has 1 fully saturated rings. The van der Waals surface area contributed by atoms with E-state index in [1.54, 1.807) is 11.3 Å². The van der Waals surface area contributed by atoms with E-state index in [0.717, 1.165) is 19.6 Å². The van der Waals surface area contributed by atoms with E-state index < -0.39 is 0 Å². The Morgan fingerprint density at radius 1 is 1.53 bits per heavy atom. The van der Waals surface area contributed by atoms with Crippen LogP contribution in [0.2, 0.25) is 0 Å². The number of thiazole rings is 1. The molecule has 0 spiro atoms. The fraction of sp³-hybridized carbons (Fsp3) is 0.750. The predicted octanol–water partition coefficient (Wildman–Crippen LogP) is 3.02. The number of hydrogen-bond acceptors (Lipinski definition) is 3. The van der Waals surface area contributed by atoms with Crippen molar-refractivity contribution in [1.29, 1.82) is 0 Å². The van der Waals surface area contributed by atoms with Gasteiger partial charge in [-0.2, -0.15) is 0 Å². The van der Waals surface area contributed by atoms with Crippen LogP contribution in [-0.4, -0.2) is 18.2 Å². The second-order valence-electron chi connectivity index (χ2n) is 5.31. The summed E-state index contributed by atoms with van der Waals surface area (Å²) >= 11 is 1.80. The van der Waals surface area contributed by atoms with Gasteiger partial charge in [0.05, 0.1) is 10.7 Å². The van der Waals surface area contributed by atoms with Gasteiger partial charge in [0.15, 0.2) is 0 Å². The summed E-state index contributed by atoms with van der Waals surface area (Å²) in [7, 11) is 0. The molecule has 1 aliphatic heterocycles. The predicted molar refractivity (Wildman–Crippen MR) is 63.4 cm³/mol. The fourth-order valence-electron chi connectivity index (χ4n) is 1.74. The highest BCUT2D eigenvalue weighted by atomic mass is 32.1. The summed E-state index contributed by atoms with van der Waals surface area (Å²) in [5.74, 6) is 0.698. The molecule has 1 saturated heterocycles. The van der Waals surface area contributed by atoms with Crippen molar-refractivity contribution in [2.24, 2.45) is 5.92 Å². The molecule has 0 N–H and O–H groups in total. The van der Waals surface area contributed by atoms with Gasteiger partial charge in [0, 0.05) is 30.4 Å².